The van der Waals surface area contributed by atoms with Gasteiger partial charge in [-0.25, -0.2) is 10.4 Å². The Hall–Kier alpha value is -2.10. The molecule has 0 aliphatic carbocycles. The summed E-state index contributed by atoms with van der Waals surface area (Å²) < 4.78 is 4.84. The van der Waals surface area contributed by atoms with Crippen LogP contribution in [0.25, 0.3) is 0 Å². The standard InChI is InChI=1S/C12H8Cl2N4O4S/c13-7-3-9(14)12(15-4-7)23-6-10(19)17-16-5-8-1-2-11(22-8)18(20)21/h1-5H,6H2,(H,17,19)/b16-5-. The average molecular weight is 375 g/mol. The second kappa shape index (κ2) is 7.95. The number of nitrogens with one attached hydrogen (secondary N) is 1. The molecular formula is C12H8Cl2N4O4S. The van der Waals surface area contributed by atoms with Gasteiger partial charge < -0.3 is 4.42 Å². The Kier molecular flexibility index (Phi) is 5.97. The summed E-state index contributed by atoms with van der Waals surface area (Å²) in [6.07, 6.45) is 2.58. The molecule has 0 aromatic carbocycles. The quantitative estimate of drug-likeness (QED) is 0.359. The lowest BCUT2D eigenvalue weighted by Gasteiger charge is -2.02. The third-order valence-corrected chi connectivity index (χ3v) is 3.90. The Bertz CT molecular complexity index is 765. The van der Waals surface area contributed by atoms with Crippen LogP contribution < -0.4 is 5.43 Å². The van der Waals surface area contributed by atoms with Crippen molar-refractivity contribution >= 4 is 53.0 Å². The molecular weight excluding hydrogens is 367 g/mol. The number of aromatic nitrogens is 1. The molecule has 0 saturated carbocycles. The number of hydrogen-bond donors (Lipinski definition) is 1. The minimum Gasteiger partial charge on any atom is -0.400 e. The van der Waals surface area contributed by atoms with Crippen molar-refractivity contribution in [2.75, 3.05) is 5.75 Å². The molecule has 2 rings (SSSR count). The predicted octanol–water partition coefficient (Wildman–Crippen LogP) is 3.13. The van der Waals surface area contributed by atoms with Gasteiger partial charge in [-0.3, -0.25) is 14.9 Å². The zero-order valence-electron chi connectivity index (χ0n) is 11.2. The van der Waals surface area contributed by atoms with Gasteiger partial charge in [-0.2, -0.15) is 5.10 Å². The molecule has 0 bridgehead atoms. The summed E-state index contributed by atoms with van der Waals surface area (Å²) >= 11 is 12.8. The molecule has 120 valence electrons. The van der Waals surface area contributed by atoms with Crippen molar-refractivity contribution in [1.82, 2.24) is 10.4 Å². The molecule has 1 amide bonds. The van der Waals surface area contributed by atoms with E-state index >= 15 is 0 Å². The van der Waals surface area contributed by atoms with E-state index in [4.69, 9.17) is 27.6 Å². The lowest BCUT2D eigenvalue weighted by Crippen LogP contribution is -2.19. The van der Waals surface area contributed by atoms with Crippen molar-refractivity contribution < 1.29 is 14.1 Å². The van der Waals surface area contributed by atoms with E-state index in [9.17, 15) is 14.9 Å². The number of rotatable bonds is 6. The fourth-order valence-corrected chi connectivity index (χ4v) is 2.55. The third kappa shape index (κ3) is 5.23. The van der Waals surface area contributed by atoms with Crippen molar-refractivity contribution in [3.63, 3.8) is 0 Å². The average Bonchev–Trinajstić information content (AvgIpc) is 2.95. The van der Waals surface area contributed by atoms with Crippen LogP contribution in [0.2, 0.25) is 10.0 Å². The number of carbonyl (C=O) groups is 1. The first-order valence-corrected chi connectivity index (χ1v) is 7.70. The Balaban J connectivity index is 1.82. The third-order valence-electron chi connectivity index (χ3n) is 2.29. The van der Waals surface area contributed by atoms with Crippen molar-refractivity contribution in [2.45, 2.75) is 5.03 Å². The molecule has 0 aliphatic heterocycles. The van der Waals surface area contributed by atoms with Gasteiger partial charge in [-0.1, -0.05) is 35.0 Å². The van der Waals surface area contributed by atoms with Gasteiger partial charge in [0, 0.05) is 6.20 Å². The van der Waals surface area contributed by atoms with Crippen LogP contribution in [0.1, 0.15) is 5.76 Å². The highest BCUT2D eigenvalue weighted by Gasteiger charge is 2.10. The summed E-state index contributed by atoms with van der Waals surface area (Å²) in [6.45, 7) is 0. The highest BCUT2D eigenvalue weighted by atomic mass is 35.5. The van der Waals surface area contributed by atoms with Gasteiger partial charge in [-0.15, -0.1) is 0 Å². The molecule has 2 aromatic heterocycles. The van der Waals surface area contributed by atoms with Gasteiger partial charge in [0.25, 0.3) is 0 Å². The minimum atomic E-state index is -0.671. The fraction of sp³-hybridized carbons (Fsp3) is 0.0833. The highest BCUT2D eigenvalue weighted by molar-refractivity contribution is 8.00. The number of nitrogens with zero attached hydrogens (tertiary/aromatic N) is 3. The largest absolute Gasteiger partial charge is 0.433 e. The van der Waals surface area contributed by atoms with E-state index in [1.807, 2.05) is 0 Å². The first-order chi connectivity index (χ1) is 11.0. The zero-order valence-corrected chi connectivity index (χ0v) is 13.6. The van der Waals surface area contributed by atoms with E-state index in [1.165, 1.54) is 24.4 Å². The van der Waals surface area contributed by atoms with Gasteiger partial charge in [0.2, 0.25) is 5.91 Å². The number of hydrazone groups is 1. The second-order valence-electron chi connectivity index (χ2n) is 3.96. The molecule has 8 nitrogen and oxygen atoms in total. The number of amides is 1. The molecule has 0 spiro atoms. The van der Waals surface area contributed by atoms with Crippen molar-refractivity contribution in [2.24, 2.45) is 5.10 Å². The number of thioether (sulfide) groups is 1. The maximum absolute atomic E-state index is 11.6. The van der Waals surface area contributed by atoms with Crippen LogP contribution in [-0.2, 0) is 4.79 Å². The number of hydrogen-bond acceptors (Lipinski definition) is 7. The van der Waals surface area contributed by atoms with E-state index in [1.54, 1.807) is 0 Å². The molecule has 0 fully saturated rings. The number of furan rings is 1. The molecule has 0 radical (unpaired) electrons. The van der Waals surface area contributed by atoms with Crippen LogP contribution in [0.15, 0.2) is 38.9 Å². The summed E-state index contributed by atoms with van der Waals surface area (Å²) in [5.74, 6) is -0.631. The summed E-state index contributed by atoms with van der Waals surface area (Å²) in [5, 5.41) is 15.3. The molecule has 0 atom stereocenters. The van der Waals surface area contributed by atoms with Crippen molar-refractivity contribution in [3.05, 3.63) is 50.3 Å². The zero-order chi connectivity index (χ0) is 16.8. The van der Waals surface area contributed by atoms with Crippen molar-refractivity contribution in [1.29, 1.82) is 0 Å². The lowest BCUT2D eigenvalue weighted by molar-refractivity contribution is -0.402. The molecule has 11 heteroatoms. The lowest BCUT2D eigenvalue weighted by atomic mass is 10.5. The van der Waals surface area contributed by atoms with E-state index < -0.39 is 16.7 Å². The minimum absolute atomic E-state index is 0.0317. The van der Waals surface area contributed by atoms with Crippen LogP contribution >= 0.6 is 35.0 Å². The molecule has 2 aromatic rings. The van der Waals surface area contributed by atoms with E-state index in [-0.39, 0.29) is 11.5 Å². The van der Waals surface area contributed by atoms with Crippen LogP contribution in [0, 0.1) is 10.1 Å². The van der Waals surface area contributed by atoms with Crippen molar-refractivity contribution in [3.8, 4) is 0 Å². The maximum atomic E-state index is 11.6. The van der Waals surface area contributed by atoms with Crippen LogP contribution in [0.4, 0.5) is 5.88 Å². The van der Waals surface area contributed by atoms with Gasteiger partial charge in [0.1, 0.15) is 9.95 Å². The summed E-state index contributed by atoms with van der Waals surface area (Å²) in [6, 6.07) is 4.07. The molecule has 0 aliphatic rings. The van der Waals surface area contributed by atoms with E-state index in [2.05, 4.69) is 15.5 Å². The SMILES string of the molecule is O=C(CSc1ncc(Cl)cc1Cl)N/N=C\c1ccc([N+](=O)[O-])o1. The fourth-order valence-electron chi connectivity index (χ4n) is 1.35. The summed E-state index contributed by atoms with van der Waals surface area (Å²) in [5.41, 5.74) is 2.25. The highest BCUT2D eigenvalue weighted by Crippen LogP contribution is 2.26. The van der Waals surface area contributed by atoms with Gasteiger partial charge >= 0.3 is 5.88 Å². The summed E-state index contributed by atoms with van der Waals surface area (Å²) in [4.78, 5) is 25.4. The molecule has 1 N–H and O–H groups in total. The maximum Gasteiger partial charge on any atom is 0.433 e. The van der Waals surface area contributed by atoms with Gasteiger partial charge in [0.05, 0.1) is 28.1 Å². The second-order valence-corrected chi connectivity index (χ2v) is 5.76. The van der Waals surface area contributed by atoms with Crippen LogP contribution in [0.5, 0.6) is 0 Å². The topological polar surface area (TPSA) is 111 Å². The normalized spacial score (nSPS) is 10.9. The Labute approximate surface area is 144 Å². The Morgan fingerprint density at radius 1 is 1.52 bits per heavy atom. The number of nitro groups is 1. The first kappa shape index (κ1) is 17.3. The number of halogens is 2. The van der Waals surface area contributed by atoms with Gasteiger partial charge in [0.15, 0.2) is 5.76 Å². The Morgan fingerprint density at radius 3 is 2.96 bits per heavy atom. The molecule has 0 unspecified atom stereocenters. The molecule has 0 saturated heterocycles. The predicted molar refractivity (Wildman–Crippen MR) is 86.1 cm³/mol. The number of pyridine rings is 1. The van der Waals surface area contributed by atoms with E-state index in [0.717, 1.165) is 18.0 Å². The van der Waals surface area contributed by atoms with E-state index in [0.29, 0.717) is 15.1 Å². The number of carbonyl (C=O) groups excluding carboxylic acids is 1. The smallest absolute Gasteiger partial charge is 0.400 e. The van der Waals surface area contributed by atoms with Gasteiger partial charge in [-0.05, 0) is 12.1 Å². The Morgan fingerprint density at radius 2 is 2.30 bits per heavy atom. The molecule has 2 heterocycles. The first-order valence-electron chi connectivity index (χ1n) is 5.95. The monoisotopic (exact) mass is 374 g/mol. The van der Waals surface area contributed by atoms with Crippen LogP contribution in [-0.4, -0.2) is 27.8 Å². The van der Waals surface area contributed by atoms with Crippen LogP contribution in [0.3, 0.4) is 0 Å². The molecule has 23 heavy (non-hydrogen) atoms. The summed E-state index contributed by atoms with van der Waals surface area (Å²) in [7, 11) is 0.